The molecular formula is H9Br2ClN2. The fourth-order valence-electron chi connectivity index (χ4n) is 0. The van der Waals surface area contributed by atoms with Gasteiger partial charge >= 0.3 is 0 Å². The minimum atomic E-state index is 0. The number of hydrogen-bond donors (Lipinski definition) is 2. The van der Waals surface area contributed by atoms with E-state index in [0.29, 0.717) is 0 Å². The van der Waals surface area contributed by atoms with Gasteiger partial charge in [0.2, 0.25) is 0 Å². The van der Waals surface area contributed by atoms with E-state index in [1.54, 1.807) is 0 Å². The van der Waals surface area contributed by atoms with Crippen LogP contribution in [0.25, 0.3) is 0 Å². The topological polar surface area (TPSA) is 73.0 Å². The van der Waals surface area contributed by atoms with E-state index in [-0.39, 0.29) is 58.7 Å². The van der Waals surface area contributed by atoms with Crippen molar-refractivity contribution in [3.8, 4) is 0 Å². The molecule has 0 heterocycles. The van der Waals surface area contributed by atoms with Gasteiger partial charge in [0.1, 0.15) is 0 Å². The lowest BCUT2D eigenvalue weighted by Gasteiger charge is -1.00. The Balaban J connectivity index is 0. The third-order valence-electron chi connectivity index (χ3n) is 0. The summed E-state index contributed by atoms with van der Waals surface area (Å²) in [6.45, 7) is 0. The standard InChI is InChI=1S/2BrH.ClH.2H3N/h3*1H;2*1H3. The van der Waals surface area contributed by atoms with Crippen LogP contribution in [-0.4, -0.2) is 0 Å². The third-order valence-corrected chi connectivity index (χ3v) is 0. The van der Waals surface area contributed by atoms with Gasteiger partial charge < -0.3 is 46.3 Å². The zero-order valence-corrected chi connectivity index (χ0v) is 7.15. The van der Waals surface area contributed by atoms with Gasteiger partial charge in [-0.1, -0.05) is 0 Å². The van der Waals surface area contributed by atoms with Crippen molar-refractivity contribution >= 4 is 12.4 Å². The molecule has 0 rings (SSSR count). The molecule has 0 aromatic heterocycles. The maximum absolute atomic E-state index is 0. The Labute approximate surface area is 58.8 Å². The molecule has 0 saturated carbocycles. The molecule has 0 aromatic carbocycles. The van der Waals surface area contributed by atoms with Crippen molar-refractivity contribution in [2.24, 2.45) is 0 Å². The van der Waals surface area contributed by atoms with Crippen molar-refractivity contribution in [3.05, 3.63) is 0 Å². The van der Waals surface area contributed by atoms with Gasteiger partial charge in [0.05, 0.1) is 0 Å². The minimum Gasteiger partial charge on any atom is -1.00 e. The second-order valence-corrected chi connectivity index (χ2v) is 0. The van der Waals surface area contributed by atoms with E-state index in [1.165, 1.54) is 0 Å². The molecule has 0 aliphatic rings. The second kappa shape index (κ2) is 65.7. The molecule has 0 aromatic rings. The lowest BCUT2D eigenvalue weighted by Crippen LogP contribution is -3.00. The normalized spacial score (nSPS) is 0. The van der Waals surface area contributed by atoms with E-state index >= 15 is 0 Å². The fourth-order valence-corrected chi connectivity index (χ4v) is 0. The van der Waals surface area contributed by atoms with Gasteiger partial charge in [-0.25, -0.2) is 0 Å². The SMILES string of the molecule is Cl.[Br-].[Br-].[NH4+].[NH4+]. The summed E-state index contributed by atoms with van der Waals surface area (Å²) in [6.07, 6.45) is 0. The van der Waals surface area contributed by atoms with Crippen LogP contribution in [0.2, 0.25) is 0 Å². The predicted molar refractivity (Wildman–Crippen MR) is 19.2 cm³/mol. The molecule has 5 heteroatoms. The molecule has 0 amide bonds. The number of halogens is 3. The van der Waals surface area contributed by atoms with E-state index in [1.807, 2.05) is 0 Å². The van der Waals surface area contributed by atoms with Crippen LogP contribution in [0.3, 0.4) is 0 Å². The molecule has 40 valence electrons. The number of hydrogen-bond acceptors (Lipinski definition) is 0. The van der Waals surface area contributed by atoms with Gasteiger partial charge in [-0.3, -0.25) is 0 Å². The highest BCUT2D eigenvalue weighted by Gasteiger charge is -0.147. The molecule has 0 aliphatic carbocycles. The summed E-state index contributed by atoms with van der Waals surface area (Å²) < 4.78 is 0. The maximum atomic E-state index is 0. The Morgan fingerprint density at radius 3 is 0.600 bits per heavy atom. The summed E-state index contributed by atoms with van der Waals surface area (Å²) in [6, 6.07) is 0. The van der Waals surface area contributed by atoms with Crippen LogP contribution in [0.4, 0.5) is 0 Å². The second-order valence-electron chi connectivity index (χ2n) is 0. The summed E-state index contributed by atoms with van der Waals surface area (Å²) in [5, 5.41) is 0. The minimum absolute atomic E-state index is 0. The first-order chi connectivity index (χ1) is 0. The van der Waals surface area contributed by atoms with Gasteiger partial charge in [-0.05, 0) is 0 Å². The van der Waals surface area contributed by atoms with Crippen molar-refractivity contribution in [2.45, 2.75) is 0 Å². The Morgan fingerprint density at radius 2 is 0.600 bits per heavy atom. The van der Waals surface area contributed by atoms with Crippen molar-refractivity contribution < 1.29 is 34.0 Å². The lowest BCUT2D eigenvalue weighted by molar-refractivity contribution is -0.001000. The van der Waals surface area contributed by atoms with E-state index in [0.717, 1.165) is 0 Å². The van der Waals surface area contributed by atoms with E-state index in [9.17, 15) is 0 Å². The van der Waals surface area contributed by atoms with Crippen LogP contribution in [0, 0.1) is 0 Å². The average Bonchev–Trinajstić information content (AvgIpc) is 0. The van der Waals surface area contributed by atoms with Gasteiger partial charge in [0.15, 0.2) is 0 Å². The Bertz CT molecular complexity index is 7.61. The zero-order chi connectivity index (χ0) is 0. The van der Waals surface area contributed by atoms with E-state index < -0.39 is 0 Å². The van der Waals surface area contributed by atoms with Gasteiger partial charge in [-0.2, -0.15) is 0 Å². The largest absolute Gasteiger partial charge is 1.00 e. The molecule has 0 atom stereocenters. The molecule has 0 radical (unpaired) electrons. The summed E-state index contributed by atoms with van der Waals surface area (Å²) >= 11 is 0. The van der Waals surface area contributed by atoms with E-state index in [4.69, 9.17) is 0 Å². The molecule has 2 nitrogen and oxygen atoms in total. The lowest BCUT2D eigenvalue weighted by atomic mass is 14.0. The number of quaternary nitrogens is 2. The average molecular weight is 232 g/mol. The first-order valence-corrected chi connectivity index (χ1v) is 0. The van der Waals surface area contributed by atoms with Gasteiger partial charge in [0.25, 0.3) is 0 Å². The maximum Gasteiger partial charge on any atom is -0.147 e. The molecule has 8 N–H and O–H groups in total. The highest BCUT2D eigenvalue weighted by atomic mass is 79.9. The molecule has 5 heavy (non-hydrogen) atoms. The smallest absolute Gasteiger partial charge is 0.147 e. The van der Waals surface area contributed by atoms with Crippen LogP contribution in [0.5, 0.6) is 0 Å². The number of rotatable bonds is 0. The van der Waals surface area contributed by atoms with Crippen LogP contribution in [0.15, 0.2) is 0 Å². The zero-order valence-electron chi connectivity index (χ0n) is 3.16. The molecule has 0 spiro atoms. The highest BCUT2D eigenvalue weighted by Crippen LogP contribution is 0.690. The Kier molecular flexibility index (Phi) is 1580. The van der Waals surface area contributed by atoms with E-state index in [2.05, 4.69) is 0 Å². The first-order valence-electron chi connectivity index (χ1n) is 0. The van der Waals surface area contributed by atoms with Crippen molar-refractivity contribution in [1.82, 2.24) is 12.3 Å². The van der Waals surface area contributed by atoms with Crippen LogP contribution < -0.4 is 46.3 Å². The molecule has 0 saturated heterocycles. The Morgan fingerprint density at radius 1 is 0.600 bits per heavy atom. The third kappa shape index (κ3) is 38.0. The molecule has 0 unspecified atom stereocenters. The summed E-state index contributed by atoms with van der Waals surface area (Å²) in [7, 11) is 0. The van der Waals surface area contributed by atoms with Crippen molar-refractivity contribution in [2.75, 3.05) is 0 Å². The van der Waals surface area contributed by atoms with Gasteiger partial charge in [0, 0.05) is 0 Å². The van der Waals surface area contributed by atoms with Crippen LogP contribution in [-0.2, 0) is 0 Å². The quantitative estimate of drug-likeness (QED) is 0.421. The molecular weight excluding hydrogens is 223 g/mol. The van der Waals surface area contributed by atoms with Crippen LogP contribution in [0.1, 0.15) is 0 Å². The molecule has 0 aliphatic heterocycles. The first kappa shape index (κ1) is 120. The summed E-state index contributed by atoms with van der Waals surface area (Å²) in [4.78, 5) is 0. The summed E-state index contributed by atoms with van der Waals surface area (Å²) in [5.74, 6) is 0. The predicted octanol–water partition coefficient (Wildman–Crippen LogP) is -4.82. The van der Waals surface area contributed by atoms with Crippen LogP contribution >= 0.6 is 12.4 Å². The molecule has 0 fully saturated rings. The fraction of sp³-hybridized carbons (Fsp3) is 0. The Hall–Kier alpha value is 1.17. The van der Waals surface area contributed by atoms with Crippen molar-refractivity contribution in [3.63, 3.8) is 0 Å². The highest BCUT2D eigenvalue weighted by molar-refractivity contribution is 5.85. The van der Waals surface area contributed by atoms with Crippen molar-refractivity contribution in [1.29, 1.82) is 0 Å². The molecule has 0 bridgehead atoms. The van der Waals surface area contributed by atoms with Gasteiger partial charge in [-0.15, -0.1) is 12.4 Å². The summed E-state index contributed by atoms with van der Waals surface area (Å²) in [5.41, 5.74) is 0. The monoisotopic (exact) mass is 230 g/mol.